The van der Waals surface area contributed by atoms with Crippen LogP contribution >= 0.6 is 11.8 Å². The molecule has 0 amide bonds. The first-order valence-electron chi connectivity index (χ1n) is 6.04. The zero-order valence-electron chi connectivity index (χ0n) is 11.1. The first-order chi connectivity index (χ1) is 9.04. The number of nitrogens with zero attached hydrogens (tertiary/aromatic N) is 2. The highest BCUT2D eigenvalue weighted by atomic mass is 32.2. The van der Waals surface area contributed by atoms with Crippen molar-refractivity contribution in [1.82, 2.24) is 15.5 Å². The summed E-state index contributed by atoms with van der Waals surface area (Å²) >= 11 is 1.13. The summed E-state index contributed by atoms with van der Waals surface area (Å²) in [5.41, 5.74) is 0.914. The molecule has 4 nitrogen and oxygen atoms in total. The molecule has 0 aliphatic carbocycles. The van der Waals surface area contributed by atoms with E-state index in [0.717, 1.165) is 17.3 Å². The SMILES string of the molecule is Cc1nnc(Sc2ccc(CNC(C)C)cc2F)o1. The predicted molar refractivity (Wildman–Crippen MR) is 71.5 cm³/mol. The third-order valence-electron chi connectivity index (χ3n) is 2.42. The Kier molecular flexibility index (Phi) is 4.55. The third-order valence-corrected chi connectivity index (χ3v) is 3.31. The number of benzene rings is 1. The second-order valence-corrected chi connectivity index (χ2v) is 5.48. The van der Waals surface area contributed by atoms with E-state index in [2.05, 4.69) is 29.4 Å². The fraction of sp³-hybridized carbons (Fsp3) is 0.385. The van der Waals surface area contributed by atoms with Gasteiger partial charge in [-0.25, -0.2) is 4.39 Å². The van der Waals surface area contributed by atoms with Crippen LogP contribution in [0.3, 0.4) is 0 Å². The van der Waals surface area contributed by atoms with Crippen molar-refractivity contribution < 1.29 is 8.81 Å². The van der Waals surface area contributed by atoms with Gasteiger partial charge in [-0.2, -0.15) is 0 Å². The lowest BCUT2D eigenvalue weighted by Gasteiger charge is -2.09. The predicted octanol–water partition coefficient (Wildman–Crippen LogP) is 3.17. The zero-order chi connectivity index (χ0) is 13.8. The Hall–Kier alpha value is -1.40. The van der Waals surface area contributed by atoms with E-state index in [0.29, 0.717) is 28.6 Å². The normalized spacial score (nSPS) is 11.2. The van der Waals surface area contributed by atoms with Gasteiger partial charge in [-0.05, 0) is 29.5 Å². The lowest BCUT2D eigenvalue weighted by atomic mass is 10.2. The summed E-state index contributed by atoms with van der Waals surface area (Å²) < 4.78 is 19.1. The van der Waals surface area contributed by atoms with Gasteiger partial charge in [0.15, 0.2) is 0 Å². The first kappa shape index (κ1) is 14.0. The Morgan fingerprint density at radius 2 is 2.16 bits per heavy atom. The maximum Gasteiger partial charge on any atom is 0.281 e. The average Bonchev–Trinajstić information content (AvgIpc) is 2.75. The maximum atomic E-state index is 13.9. The van der Waals surface area contributed by atoms with Gasteiger partial charge in [0.1, 0.15) is 5.82 Å². The van der Waals surface area contributed by atoms with Crippen molar-refractivity contribution in [3.63, 3.8) is 0 Å². The zero-order valence-corrected chi connectivity index (χ0v) is 11.9. The molecule has 2 aromatic rings. The summed E-state index contributed by atoms with van der Waals surface area (Å²) in [7, 11) is 0. The summed E-state index contributed by atoms with van der Waals surface area (Å²) in [6, 6.07) is 5.53. The Bertz CT molecular complexity index is 557. The molecule has 6 heteroatoms. The molecule has 0 aliphatic rings. The Morgan fingerprint density at radius 1 is 1.37 bits per heavy atom. The van der Waals surface area contributed by atoms with Crippen LogP contribution in [0, 0.1) is 12.7 Å². The summed E-state index contributed by atoms with van der Waals surface area (Å²) in [6.07, 6.45) is 0. The highest BCUT2D eigenvalue weighted by molar-refractivity contribution is 7.99. The Labute approximate surface area is 115 Å². The Balaban J connectivity index is 2.06. The molecule has 0 fully saturated rings. The molecular weight excluding hydrogens is 265 g/mol. The van der Waals surface area contributed by atoms with Crippen molar-refractivity contribution in [3.05, 3.63) is 35.5 Å². The standard InChI is InChI=1S/C13H16FN3OS/c1-8(2)15-7-10-4-5-12(11(14)6-10)19-13-17-16-9(3)18-13/h4-6,8,15H,7H2,1-3H3. The van der Waals surface area contributed by atoms with Gasteiger partial charge >= 0.3 is 0 Å². The molecule has 0 atom stereocenters. The number of halogens is 1. The highest BCUT2D eigenvalue weighted by Crippen LogP contribution is 2.29. The smallest absolute Gasteiger partial charge is 0.281 e. The lowest BCUT2D eigenvalue weighted by Crippen LogP contribution is -2.21. The van der Waals surface area contributed by atoms with E-state index in [9.17, 15) is 4.39 Å². The topological polar surface area (TPSA) is 51.0 Å². The van der Waals surface area contributed by atoms with E-state index in [1.165, 1.54) is 6.07 Å². The molecule has 0 aliphatic heterocycles. The van der Waals surface area contributed by atoms with Gasteiger partial charge in [-0.1, -0.05) is 19.9 Å². The molecule has 0 saturated carbocycles. The second kappa shape index (κ2) is 6.16. The van der Waals surface area contributed by atoms with Crippen LogP contribution in [-0.2, 0) is 6.54 Å². The van der Waals surface area contributed by atoms with Crippen molar-refractivity contribution in [1.29, 1.82) is 0 Å². The fourth-order valence-electron chi connectivity index (χ4n) is 1.47. The number of hydrogen-bond donors (Lipinski definition) is 1. The Morgan fingerprint density at radius 3 is 2.74 bits per heavy atom. The summed E-state index contributed by atoms with van der Waals surface area (Å²) in [5, 5.41) is 11.1. The highest BCUT2D eigenvalue weighted by Gasteiger charge is 2.10. The molecule has 1 N–H and O–H groups in total. The molecule has 1 aromatic heterocycles. The monoisotopic (exact) mass is 281 g/mol. The molecule has 1 aromatic carbocycles. The van der Waals surface area contributed by atoms with Gasteiger partial charge in [0.05, 0.1) is 4.90 Å². The molecule has 0 saturated heterocycles. The van der Waals surface area contributed by atoms with Gasteiger partial charge < -0.3 is 9.73 Å². The molecule has 0 bridgehead atoms. The van der Waals surface area contributed by atoms with Crippen LogP contribution in [0.2, 0.25) is 0 Å². The average molecular weight is 281 g/mol. The number of nitrogens with one attached hydrogen (secondary N) is 1. The van der Waals surface area contributed by atoms with Crippen molar-refractivity contribution in [2.24, 2.45) is 0 Å². The van der Waals surface area contributed by atoms with E-state index < -0.39 is 0 Å². The molecule has 19 heavy (non-hydrogen) atoms. The molecule has 2 rings (SSSR count). The van der Waals surface area contributed by atoms with Crippen LogP contribution in [0.5, 0.6) is 0 Å². The number of rotatable bonds is 5. The van der Waals surface area contributed by atoms with E-state index in [1.807, 2.05) is 6.07 Å². The van der Waals surface area contributed by atoms with Crippen molar-refractivity contribution in [2.75, 3.05) is 0 Å². The van der Waals surface area contributed by atoms with E-state index in [-0.39, 0.29) is 5.82 Å². The van der Waals surface area contributed by atoms with Crippen LogP contribution in [0.4, 0.5) is 4.39 Å². The van der Waals surface area contributed by atoms with Gasteiger partial charge in [0, 0.05) is 19.5 Å². The van der Waals surface area contributed by atoms with Crippen LogP contribution in [0.1, 0.15) is 25.3 Å². The van der Waals surface area contributed by atoms with Crippen LogP contribution in [0.25, 0.3) is 0 Å². The van der Waals surface area contributed by atoms with E-state index in [4.69, 9.17) is 4.42 Å². The van der Waals surface area contributed by atoms with E-state index >= 15 is 0 Å². The van der Waals surface area contributed by atoms with Crippen molar-refractivity contribution >= 4 is 11.8 Å². The number of aryl methyl sites for hydroxylation is 1. The minimum absolute atomic E-state index is 0.274. The van der Waals surface area contributed by atoms with Crippen molar-refractivity contribution in [2.45, 2.75) is 43.5 Å². The van der Waals surface area contributed by atoms with E-state index in [1.54, 1.807) is 13.0 Å². The molecule has 102 valence electrons. The number of aromatic nitrogens is 2. The summed E-state index contributed by atoms with van der Waals surface area (Å²) in [6.45, 7) is 6.46. The molecular formula is C13H16FN3OS. The minimum atomic E-state index is -0.274. The number of hydrogen-bond acceptors (Lipinski definition) is 5. The van der Waals surface area contributed by atoms with Crippen LogP contribution in [-0.4, -0.2) is 16.2 Å². The largest absolute Gasteiger partial charge is 0.416 e. The van der Waals surface area contributed by atoms with Gasteiger partial charge in [-0.3, -0.25) is 0 Å². The van der Waals surface area contributed by atoms with Crippen LogP contribution < -0.4 is 5.32 Å². The fourth-order valence-corrected chi connectivity index (χ4v) is 2.20. The van der Waals surface area contributed by atoms with Gasteiger partial charge in [0.2, 0.25) is 5.89 Å². The molecule has 1 heterocycles. The molecule has 0 unspecified atom stereocenters. The lowest BCUT2D eigenvalue weighted by molar-refractivity contribution is 0.429. The first-order valence-corrected chi connectivity index (χ1v) is 6.86. The quantitative estimate of drug-likeness (QED) is 0.912. The third kappa shape index (κ3) is 4.04. The summed E-state index contributed by atoms with van der Waals surface area (Å²) in [4.78, 5) is 0.483. The summed E-state index contributed by atoms with van der Waals surface area (Å²) in [5.74, 6) is 0.199. The van der Waals surface area contributed by atoms with Crippen LogP contribution in [0.15, 0.2) is 32.7 Å². The van der Waals surface area contributed by atoms with Crippen molar-refractivity contribution in [3.8, 4) is 0 Å². The molecule has 0 spiro atoms. The maximum absolute atomic E-state index is 13.9. The molecule has 0 radical (unpaired) electrons. The van der Waals surface area contributed by atoms with Gasteiger partial charge in [-0.15, -0.1) is 10.2 Å². The second-order valence-electron chi connectivity index (χ2n) is 4.49. The van der Waals surface area contributed by atoms with Gasteiger partial charge in [0.25, 0.3) is 5.22 Å². The minimum Gasteiger partial charge on any atom is -0.416 e.